The quantitative estimate of drug-likeness (QED) is 0.859. The maximum Gasteiger partial charge on any atom is 0.174 e. The summed E-state index contributed by atoms with van der Waals surface area (Å²) >= 11 is 5.21. The molecule has 0 fully saturated rings. The van der Waals surface area contributed by atoms with Gasteiger partial charge in [-0.2, -0.15) is 0 Å². The lowest BCUT2D eigenvalue weighted by Gasteiger charge is -2.12. The van der Waals surface area contributed by atoms with Gasteiger partial charge in [-0.3, -0.25) is 0 Å². The summed E-state index contributed by atoms with van der Waals surface area (Å²) in [5, 5.41) is 4.49. The van der Waals surface area contributed by atoms with E-state index < -0.39 is 0 Å². The van der Waals surface area contributed by atoms with Crippen LogP contribution in [0.5, 0.6) is 11.5 Å². The second-order valence-corrected chi connectivity index (χ2v) is 6.44. The topological polar surface area (TPSA) is 43.4 Å². The van der Waals surface area contributed by atoms with Gasteiger partial charge in [0.1, 0.15) is 0 Å². The molecule has 108 valence electrons. The van der Waals surface area contributed by atoms with E-state index in [1.165, 1.54) is 4.88 Å². The Kier molecular flexibility index (Phi) is 5.39. The van der Waals surface area contributed by atoms with Gasteiger partial charge in [-0.25, -0.2) is 4.98 Å². The van der Waals surface area contributed by atoms with E-state index >= 15 is 0 Å². The van der Waals surface area contributed by atoms with Crippen LogP contribution in [0.4, 0.5) is 0 Å². The Morgan fingerprint density at radius 2 is 2.05 bits per heavy atom. The van der Waals surface area contributed by atoms with Crippen molar-refractivity contribution in [1.82, 2.24) is 10.3 Å². The molecule has 0 unspecified atom stereocenters. The molecule has 1 aromatic heterocycles. The molecule has 0 saturated heterocycles. The standard InChI is InChI=1S/C14H17BrN2O2S/c1-9-17-8-11(20-9)7-16-6-10-4-12(15)14(19-3)13(5-10)18-2/h4-5,8,16H,6-7H2,1-3H3. The van der Waals surface area contributed by atoms with E-state index in [4.69, 9.17) is 9.47 Å². The van der Waals surface area contributed by atoms with Crippen molar-refractivity contribution in [3.63, 3.8) is 0 Å². The Morgan fingerprint density at radius 1 is 1.25 bits per heavy atom. The fraction of sp³-hybridized carbons (Fsp3) is 0.357. The van der Waals surface area contributed by atoms with Crippen LogP contribution >= 0.6 is 27.3 Å². The number of nitrogens with one attached hydrogen (secondary N) is 1. The number of rotatable bonds is 6. The van der Waals surface area contributed by atoms with Gasteiger partial charge >= 0.3 is 0 Å². The van der Waals surface area contributed by atoms with Gasteiger partial charge in [0.05, 0.1) is 23.7 Å². The first-order valence-electron chi connectivity index (χ1n) is 6.16. The van der Waals surface area contributed by atoms with E-state index in [9.17, 15) is 0 Å². The van der Waals surface area contributed by atoms with Gasteiger partial charge in [-0.15, -0.1) is 11.3 Å². The van der Waals surface area contributed by atoms with Gasteiger partial charge in [-0.05, 0) is 40.5 Å². The first-order chi connectivity index (χ1) is 9.63. The van der Waals surface area contributed by atoms with Crippen molar-refractivity contribution in [1.29, 1.82) is 0 Å². The molecule has 0 spiro atoms. The van der Waals surface area contributed by atoms with E-state index in [0.717, 1.165) is 33.9 Å². The zero-order valence-electron chi connectivity index (χ0n) is 11.7. The highest BCUT2D eigenvalue weighted by Gasteiger charge is 2.10. The Morgan fingerprint density at radius 3 is 2.65 bits per heavy atom. The number of thiazole rings is 1. The van der Waals surface area contributed by atoms with Gasteiger partial charge in [0.15, 0.2) is 11.5 Å². The van der Waals surface area contributed by atoms with Crippen LogP contribution in [0.15, 0.2) is 22.8 Å². The molecule has 1 N–H and O–H groups in total. The molecule has 0 radical (unpaired) electrons. The van der Waals surface area contributed by atoms with Crippen molar-refractivity contribution < 1.29 is 9.47 Å². The molecule has 0 bridgehead atoms. The summed E-state index contributed by atoms with van der Waals surface area (Å²) in [6.07, 6.45) is 1.91. The number of ether oxygens (including phenoxy) is 2. The molecule has 0 aliphatic rings. The lowest BCUT2D eigenvalue weighted by atomic mass is 10.2. The van der Waals surface area contributed by atoms with E-state index in [0.29, 0.717) is 5.75 Å². The van der Waals surface area contributed by atoms with Crippen molar-refractivity contribution >= 4 is 27.3 Å². The summed E-state index contributed by atoms with van der Waals surface area (Å²) in [6.45, 7) is 3.59. The number of nitrogens with zero attached hydrogens (tertiary/aromatic N) is 1. The normalized spacial score (nSPS) is 10.6. The minimum Gasteiger partial charge on any atom is -0.493 e. The van der Waals surface area contributed by atoms with Crippen molar-refractivity contribution in [2.45, 2.75) is 20.0 Å². The zero-order valence-corrected chi connectivity index (χ0v) is 14.1. The first-order valence-corrected chi connectivity index (χ1v) is 7.77. The Bertz CT molecular complexity index is 587. The molecular weight excluding hydrogens is 340 g/mol. The summed E-state index contributed by atoms with van der Waals surface area (Å²) in [5.74, 6) is 1.45. The third-order valence-corrected chi connectivity index (χ3v) is 4.29. The largest absolute Gasteiger partial charge is 0.493 e. The van der Waals surface area contributed by atoms with Gasteiger partial charge < -0.3 is 14.8 Å². The minimum absolute atomic E-state index is 0.717. The second kappa shape index (κ2) is 7.06. The summed E-state index contributed by atoms with van der Waals surface area (Å²) in [5.41, 5.74) is 1.13. The number of methoxy groups -OCH3 is 2. The predicted octanol–water partition coefficient (Wildman–Crippen LogP) is 3.52. The number of aryl methyl sites for hydroxylation is 1. The number of benzene rings is 1. The number of hydrogen-bond donors (Lipinski definition) is 1. The molecule has 0 atom stereocenters. The molecule has 2 aromatic rings. The van der Waals surface area contributed by atoms with E-state index in [1.807, 2.05) is 25.3 Å². The highest BCUT2D eigenvalue weighted by Crippen LogP contribution is 2.36. The molecule has 1 heterocycles. The molecule has 6 heteroatoms. The molecule has 4 nitrogen and oxygen atoms in total. The molecule has 1 aromatic carbocycles. The van der Waals surface area contributed by atoms with Crippen LogP contribution in [0.2, 0.25) is 0 Å². The molecule has 0 amide bonds. The molecule has 2 rings (SSSR count). The summed E-state index contributed by atoms with van der Waals surface area (Å²) < 4.78 is 11.5. The smallest absolute Gasteiger partial charge is 0.174 e. The molecule has 0 aliphatic carbocycles. The summed E-state index contributed by atoms with van der Waals surface area (Å²) in [6, 6.07) is 4.01. The van der Waals surface area contributed by atoms with Crippen molar-refractivity contribution in [2.75, 3.05) is 14.2 Å². The Hall–Kier alpha value is -1.11. The minimum atomic E-state index is 0.717. The molecular formula is C14H17BrN2O2S. The lowest BCUT2D eigenvalue weighted by molar-refractivity contribution is 0.352. The van der Waals surface area contributed by atoms with Crippen LogP contribution < -0.4 is 14.8 Å². The fourth-order valence-corrected chi connectivity index (χ4v) is 3.31. The van der Waals surface area contributed by atoms with E-state index in [2.05, 4.69) is 26.2 Å². The Balaban J connectivity index is 2.01. The van der Waals surface area contributed by atoms with E-state index in [-0.39, 0.29) is 0 Å². The third kappa shape index (κ3) is 3.71. The van der Waals surface area contributed by atoms with Crippen LogP contribution in [0, 0.1) is 6.92 Å². The van der Waals surface area contributed by atoms with Crippen molar-refractivity contribution in [3.8, 4) is 11.5 Å². The van der Waals surface area contributed by atoms with E-state index in [1.54, 1.807) is 25.6 Å². The SMILES string of the molecule is COc1cc(CNCc2cnc(C)s2)cc(Br)c1OC. The lowest BCUT2D eigenvalue weighted by Crippen LogP contribution is -2.12. The monoisotopic (exact) mass is 356 g/mol. The van der Waals surface area contributed by atoms with Crippen LogP contribution in [0.1, 0.15) is 15.4 Å². The average Bonchev–Trinajstić information content (AvgIpc) is 2.83. The molecule has 0 saturated carbocycles. The van der Waals surface area contributed by atoms with Crippen LogP contribution in [-0.4, -0.2) is 19.2 Å². The van der Waals surface area contributed by atoms with Crippen molar-refractivity contribution in [2.24, 2.45) is 0 Å². The highest BCUT2D eigenvalue weighted by molar-refractivity contribution is 9.10. The van der Waals surface area contributed by atoms with Crippen molar-refractivity contribution in [3.05, 3.63) is 38.3 Å². The second-order valence-electron chi connectivity index (χ2n) is 4.26. The van der Waals surface area contributed by atoms with Crippen LogP contribution in [-0.2, 0) is 13.1 Å². The summed E-state index contributed by atoms with van der Waals surface area (Å²) in [4.78, 5) is 5.48. The number of hydrogen-bond acceptors (Lipinski definition) is 5. The average molecular weight is 357 g/mol. The molecule has 20 heavy (non-hydrogen) atoms. The Labute approximate surface area is 131 Å². The fourth-order valence-electron chi connectivity index (χ4n) is 1.89. The first kappa shape index (κ1) is 15.3. The van der Waals surface area contributed by atoms with Crippen LogP contribution in [0.3, 0.4) is 0 Å². The maximum absolute atomic E-state index is 5.33. The third-order valence-electron chi connectivity index (χ3n) is 2.79. The maximum atomic E-state index is 5.33. The molecule has 0 aliphatic heterocycles. The summed E-state index contributed by atoms with van der Waals surface area (Å²) in [7, 11) is 3.27. The van der Waals surface area contributed by atoms with Gasteiger partial charge in [0.25, 0.3) is 0 Å². The van der Waals surface area contributed by atoms with Gasteiger partial charge in [0, 0.05) is 24.2 Å². The zero-order chi connectivity index (χ0) is 14.5. The number of halogens is 1. The predicted molar refractivity (Wildman–Crippen MR) is 84.6 cm³/mol. The van der Waals surface area contributed by atoms with Crippen LogP contribution in [0.25, 0.3) is 0 Å². The van der Waals surface area contributed by atoms with Gasteiger partial charge in [0.2, 0.25) is 0 Å². The number of aromatic nitrogens is 1. The van der Waals surface area contributed by atoms with Gasteiger partial charge in [-0.1, -0.05) is 0 Å². The highest BCUT2D eigenvalue weighted by atomic mass is 79.9.